The van der Waals surface area contributed by atoms with Crippen LogP contribution < -0.4 is 16.0 Å². The van der Waals surface area contributed by atoms with Gasteiger partial charge in [0.15, 0.2) is 0 Å². The van der Waals surface area contributed by atoms with Crippen LogP contribution >= 0.6 is 0 Å². The van der Waals surface area contributed by atoms with E-state index in [2.05, 4.69) is 20.9 Å². The van der Waals surface area contributed by atoms with E-state index in [0.717, 1.165) is 6.07 Å². The standard InChI is InChI=1S/C15H19F3N4O2/c16-15(17,18)12-2-1-5-19-13(12)20-6-7-21-14(24)22-11-4-3-10(8-11)9-23/h1-5,10-11,23H,6-9H2,(H,19,20)(H2,21,22,24)/t10-,11+/m0/s1. The fraction of sp³-hybridized carbons (Fsp3) is 0.467. The third kappa shape index (κ3) is 5.12. The number of aliphatic hydroxyl groups is 1. The molecule has 1 aromatic rings. The summed E-state index contributed by atoms with van der Waals surface area (Å²) in [6.45, 7) is 0.276. The number of pyridine rings is 1. The van der Waals surface area contributed by atoms with Gasteiger partial charge in [-0.2, -0.15) is 13.2 Å². The van der Waals surface area contributed by atoms with E-state index >= 15 is 0 Å². The molecule has 2 rings (SSSR count). The number of nitrogens with zero attached hydrogens (tertiary/aromatic N) is 1. The van der Waals surface area contributed by atoms with Crippen LogP contribution in [-0.2, 0) is 6.18 Å². The first-order valence-corrected chi connectivity index (χ1v) is 7.49. The molecule has 132 valence electrons. The molecule has 0 spiro atoms. The van der Waals surface area contributed by atoms with Crippen molar-refractivity contribution in [2.75, 3.05) is 25.0 Å². The van der Waals surface area contributed by atoms with Crippen molar-refractivity contribution >= 4 is 11.8 Å². The Morgan fingerprint density at radius 2 is 2.12 bits per heavy atom. The number of aromatic nitrogens is 1. The van der Waals surface area contributed by atoms with Gasteiger partial charge in [-0.05, 0) is 18.6 Å². The number of aliphatic hydroxyl groups excluding tert-OH is 1. The second-order valence-corrected chi connectivity index (χ2v) is 5.39. The molecule has 4 N–H and O–H groups in total. The first-order valence-electron chi connectivity index (χ1n) is 7.49. The summed E-state index contributed by atoms with van der Waals surface area (Å²) in [7, 11) is 0. The molecular formula is C15H19F3N4O2. The number of halogens is 3. The number of anilines is 1. The summed E-state index contributed by atoms with van der Waals surface area (Å²) in [6, 6.07) is 1.60. The minimum absolute atomic E-state index is 0.0336. The summed E-state index contributed by atoms with van der Waals surface area (Å²) in [5.41, 5.74) is -0.847. The highest BCUT2D eigenvalue weighted by Crippen LogP contribution is 2.33. The number of alkyl halides is 3. The van der Waals surface area contributed by atoms with E-state index in [-0.39, 0.29) is 37.5 Å². The molecule has 2 atom stereocenters. The molecule has 0 bridgehead atoms. The van der Waals surface area contributed by atoms with Crippen LogP contribution in [0.25, 0.3) is 0 Å². The number of amides is 2. The molecule has 1 heterocycles. The van der Waals surface area contributed by atoms with E-state index in [1.807, 2.05) is 12.2 Å². The predicted molar refractivity (Wildman–Crippen MR) is 82.4 cm³/mol. The summed E-state index contributed by atoms with van der Waals surface area (Å²) in [5, 5.41) is 16.8. The fourth-order valence-electron chi connectivity index (χ4n) is 2.37. The zero-order valence-electron chi connectivity index (χ0n) is 12.8. The van der Waals surface area contributed by atoms with Gasteiger partial charge in [-0.15, -0.1) is 0 Å². The second-order valence-electron chi connectivity index (χ2n) is 5.39. The van der Waals surface area contributed by atoms with Crippen molar-refractivity contribution in [3.8, 4) is 0 Å². The van der Waals surface area contributed by atoms with E-state index in [1.54, 1.807) is 0 Å². The maximum absolute atomic E-state index is 12.8. The molecule has 1 aliphatic carbocycles. The molecule has 0 saturated heterocycles. The molecule has 0 fully saturated rings. The van der Waals surface area contributed by atoms with Crippen molar-refractivity contribution in [2.45, 2.75) is 18.6 Å². The van der Waals surface area contributed by atoms with Crippen molar-refractivity contribution in [1.29, 1.82) is 0 Å². The van der Waals surface area contributed by atoms with E-state index in [9.17, 15) is 18.0 Å². The number of carbonyl (C=O) groups excluding carboxylic acids is 1. The lowest BCUT2D eigenvalue weighted by molar-refractivity contribution is -0.137. The Morgan fingerprint density at radius 1 is 1.33 bits per heavy atom. The minimum Gasteiger partial charge on any atom is -0.396 e. The molecule has 2 amide bonds. The third-order valence-corrected chi connectivity index (χ3v) is 3.54. The van der Waals surface area contributed by atoms with E-state index < -0.39 is 17.8 Å². The Morgan fingerprint density at radius 3 is 2.79 bits per heavy atom. The van der Waals surface area contributed by atoms with Crippen LogP contribution in [0.15, 0.2) is 30.5 Å². The second kappa shape index (κ2) is 8.00. The van der Waals surface area contributed by atoms with Crippen LogP contribution in [0, 0.1) is 5.92 Å². The van der Waals surface area contributed by atoms with Gasteiger partial charge in [0.05, 0.1) is 5.56 Å². The monoisotopic (exact) mass is 344 g/mol. The number of hydrogen-bond acceptors (Lipinski definition) is 4. The molecule has 0 unspecified atom stereocenters. The Bertz CT molecular complexity index is 592. The molecule has 0 saturated carbocycles. The van der Waals surface area contributed by atoms with Crippen LogP contribution in [0.4, 0.5) is 23.8 Å². The third-order valence-electron chi connectivity index (χ3n) is 3.54. The SMILES string of the molecule is O=C(NCCNc1ncccc1C(F)(F)F)N[C@@H]1C=C[C@H](CO)C1. The zero-order chi connectivity index (χ0) is 17.6. The average Bonchev–Trinajstić information content (AvgIpc) is 2.98. The van der Waals surface area contributed by atoms with Crippen LogP contribution in [-0.4, -0.2) is 41.9 Å². The summed E-state index contributed by atoms with van der Waals surface area (Å²) < 4.78 is 38.4. The molecule has 0 aliphatic heterocycles. The van der Waals surface area contributed by atoms with Crippen LogP contribution in [0.1, 0.15) is 12.0 Å². The van der Waals surface area contributed by atoms with Crippen molar-refractivity contribution < 1.29 is 23.1 Å². The zero-order valence-corrected chi connectivity index (χ0v) is 12.8. The normalized spacial score (nSPS) is 20.0. The minimum atomic E-state index is -4.49. The Labute approximate surface area is 137 Å². The molecule has 1 aliphatic rings. The summed E-state index contributed by atoms with van der Waals surface area (Å²) in [4.78, 5) is 15.4. The maximum atomic E-state index is 12.8. The van der Waals surface area contributed by atoms with Crippen LogP contribution in [0.5, 0.6) is 0 Å². The molecule has 0 radical (unpaired) electrons. The summed E-state index contributed by atoms with van der Waals surface area (Å²) in [6.07, 6.45) is 1.06. The maximum Gasteiger partial charge on any atom is 0.419 e. The largest absolute Gasteiger partial charge is 0.419 e. The molecule has 6 nitrogen and oxygen atoms in total. The number of rotatable bonds is 6. The van der Waals surface area contributed by atoms with Gasteiger partial charge in [0.25, 0.3) is 0 Å². The highest BCUT2D eigenvalue weighted by Gasteiger charge is 2.33. The van der Waals surface area contributed by atoms with Gasteiger partial charge in [0.1, 0.15) is 5.82 Å². The summed E-state index contributed by atoms with van der Waals surface area (Å²) >= 11 is 0. The van der Waals surface area contributed by atoms with Gasteiger partial charge in [-0.25, -0.2) is 9.78 Å². The highest BCUT2D eigenvalue weighted by molar-refractivity contribution is 5.74. The lowest BCUT2D eigenvalue weighted by atomic mass is 10.1. The van der Waals surface area contributed by atoms with Crippen molar-refractivity contribution in [1.82, 2.24) is 15.6 Å². The fourth-order valence-corrected chi connectivity index (χ4v) is 2.37. The predicted octanol–water partition coefficient (Wildman–Crippen LogP) is 1.75. The molecular weight excluding hydrogens is 325 g/mol. The average molecular weight is 344 g/mol. The number of nitrogens with one attached hydrogen (secondary N) is 3. The first-order chi connectivity index (χ1) is 11.4. The van der Waals surface area contributed by atoms with Crippen molar-refractivity contribution in [3.05, 3.63) is 36.0 Å². The molecule has 9 heteroatoms. The molecule has 1 aromatic heterocycles. The van der Waals surface area contributed by atoms with Gasteiger partial charge in [0.2, 0.25) is 0 Å². The van der Waals surface area contributed by atoms with Gasteiger partial charge in [0, 0.05) is 37.9 Å². The first kappa shape index (κ1) is 18.1. The highest BCUT2D eigenvalue weighted by atomic mass is 19.4. The van der Waals surface area contributed by atoms with Crippen LogP contribution in [0.3, 0.4) is 0 Å². The Balaban J connectivity index is 1.72. The van der Waals surface area contributed by atoms with Gasteiger partial charge < -0.3 is 21.1 Å². The van der Waals surface area contributed by atoms with E-state index in [4.69, 9.17) is 5.11 Å². The van der Waals surface area contributed by atoms with Gasteiger partial charge in [-0.3, -0.25) is 0 Å². The lowest BCUT2D eigenvalue weighted by Crippen LogP contribution is -2.42. The van der Waals surface area contributed by atoms with Crippen molar-refractivity contribution in [3.63, 3.8) is 0 Å². The number of hydrogen-bond donors (Lipinski definition) is 4. The van der Waals surface area contributed by atoms with E-state index in [1.165, 1.54) is 12.3 Å². The van der Waals surface area contributed by atoms with Gasteiger partial charge >= 0.3 is 12.2 Å². The summed E-state index contributed by atoms with van der Waals surface area (Å²) in [5.74, 6) is -0.223. The quantitative estimate of drug-likeness (QED) is 0.468. The number of carbonyl (C=O) groups is 1. The van der Waals surface area contributed by atoms with E-state index in [0.29, 0.717) is 6.42 Å². The topological polar surface area (TPSA) is 86.3 Å². The number of urea groups is 1. The smallest absolute Gasteiger partial charge is 0.396 e. The van der Waals surface area contributed by atoms with Crippen molar-refractivity contribution in [2.24, 2.45) is 5.92 Å². The van der Waals surface area contributed by atoms with Gasteiger partial charge in [-0.1, -0.05) is 12.2 Å². The molecule has 24 heavy (non-hydrogen) atoms. The lowest BCUT2D eigenvalue weighted by Gasteiger charge is -2.15. The Kier molecular flexibility index (Phi) is 6.02. The Hall–Kier alpha value is -2.29. The van der Waals surface area contributed by atoms with Crippen LogP contribution in [0.2, 0.25) is 0 Å². The molecule has 0 aromatic carbocycles.